The van der Waals surface area contributed by atoms with Gasteiger partial charge in [-0.2, -0.15) is 0 Å². The van der Waals surface area contributed by atoms with Crippen LogP contribution in [0.2, 0.25) is 0 Å². The van der Waals surface area contributed by atoms with Crippen LogP contribution in [0.4, 0.5) is 0 Å². The summed E-state index contributed by atoms with van der Waals surface area (Å²) in [7, 11) is 0. The van der Waals surface area contributed by atoms with Crippen molar-refractivity contribution in [2.75, 3.05) is 0 Å². The fourth-order valence-electron chi connectivity index (χ4n) is 1.59. The summed E-state index contributed by atoms with van der Waals surface area (Å²) in [5.74, 6) is 0.756. The van der Waals surface area contributed by atoms with Crippen LogP contribution >= 0.6 is 0 Å². The summed E-state index contributed by atoms with van der Waals surface area (Å²) in [5.41, 5.74) is 0. The highest BCUT2D eigenvalue weighted by Crippen LogP contribution is 2.28. The van der Waals surface area contributed by atoms with Crippen LogP contribution in [0.25, 0.3) is 0 Å². The van der Waals surface area contributed by atoms with Gasteiger partial charge in [-0.15, -0.1) is 0 Å². The van der Waals surface area contributed by atoms with Crippen LogP contribution < -0.4 is 0 Å². The molecule has 0 radical (unpaired) electrons. The van der Waals surface area contributed by atoms with Crippen molar-refractivity contribution in [1.29, 1.82) is 0 Å². The second-order valence-corrected chi connectivity index (χ2v) is 3.14. The number of rotatable bonds is 2. The van der Waals surface area contributed by atoms with Gasteiger partial charge in [0.2, 0.25) is 0 Å². The molecule has 2 atom stereocenters. The molecule has 1 saturated carbocycles. The van der Waals surface area contributed by atoms with Gasteiger partial charge in [0.1, 0.15) is 0 Å². The molecule has 1 rings (SSSR count). The normalized spacial score (nSPS) is 33.8. The van der Waals surface area contributed by atoms with Crippen LogP contribution in [0.1, 0.15) is 32.6 Å². The lowest BCUT2D eigenvalue weighted by atomic mass is 10.0. The van der Waals surface area contributed by atoms with Gasteiger partial charge < -0.3 is 5.11 Å². The van der Waals surface area contributed by atoms with Gasteiger partial charge in [0.25, 0.3) is 0 Å². The summed E-state index contributed by atoms with van der Waals surface area (Å²) in [4.78, 5) is 0. The molecular weight excluding hydrogens is 124 g/mol. The monoisotopic (exact) mass is 140 g/mol. The zero-order valence-corrected chi connectivity index (χ0v) is 6.59. The molecule has 0 heterocycles. The molecule has 58 valence electrons. The fourth-order valence-corrected chi connectivity index (χ4v) is 1.59. The van der Waals surface area contributed by atoms with Gasteiger partial charge in [-0.1, -0.05) is 12.2 Å². The summed E-state index contributed by atoms with van der Waals surface area (Å²) < 4.78 is 0. The van der Waals surface area contributed by atoms with E-state index in [1.807, 2.05) is 6.92 Å². The molecule has 0 aromatic heterocycles. The zero-order valence-electron chi connectivity index (χ0n) is 6.59. The average Bonchev–Trinajstić information content (AvgIpc) is 2.31. The molecule has 2 unspecified atom stereocenters. The first kappa shape index (κ1) is 7.80. The van der Waals surface area contributed by atoms with Crippen molar-refractivity contribution in [3.63, 3.8) is 0 Å². The molecule has 1 fully saturated rings. The smallest absolute Gasteiger partial charge is 0.0543 e. The summed E-state index contributed by atoms with van der Waals surface area (Å²) >= 11 is 0. The van der Waals surface area contributed by atoms with Gasteiger partial charge >= 0.3 is 0 Å². The zero-order chi connectivity index (χ0) is 7.40. The molecule has 0 aliphatic heterocycles. The Balaban J connectivity index is 2.18. The van der Waals surface area contributed by atoms with Crippen LogP contribution in [0.5, 0.6) is 0 Å². The Bertz CT molecular complexity index is 118. The summed E-state index contributed by atoms with van der Waals surface area (Å²) in [6.45, 7) is 2.05. The van der Waals surface area contributed by atoms with Crippen molar-refractivity contribution < 1.29 is 5.11 Å². The van der Waals surface area contributed by atoms with Gasteiger partial charge in [-0.25, -0.2) is 0 Å². The summed E-state index contributed by atoms with van der Waals surface area (Å²) in [5, 5.41) is 9.17. The van der Waals surface area contributed by atoms with E-state index in [9.17, 15) is 5.11 Å². The van der Waals surface area contributed by atoms with Crippen molar-refractivity contribution in [3.8, 4) is 0 Å². The standard InChI is InChI=1S/C9H16O/c1-2-3-4-8-5-6-9(10)7-8/h2-3,8-10H,4-7H2,1H3. The highest BCUT2D eigenvalue weighted by atomic mass is 16.3. The molecule has 10 heavy (non-hydrogen) atoms. The molecule has 1 N–H and O–H groups in total. The topological polar surface area (TPSA) is 20.2 Å². The van der Waals surface area contributed by atoms with E-state index in [4.69, 9.17) is 0 Å². The van der Waals surface area contributed by atoms with Crippen molar-refractivity contribution in [2.24, 2.45) is 5.92 Å². The first-order chi connectivity index (χ1) is 4.83. The molecule has 0 spiro atoms. The lowest BCUT2D eigenvalue weighted by molar-refractivity contribution is 0.178. The first-order valence-corrected chi connectivity index (χ1v) is 4.12. The van der Waals surface area contributed by atoms with Gasteiger partial charge in [0.15, 0.2) is 0 Å². The highest BCUT2D eigenvalue weighted by Gasteiger charge is 2.20. The molecule has 0 aromatic rings. The Labute approximate surface area is 62.8 Å². The Morgan fingerprint density at radius 1 is 1.50 bits per heavy atom. The van der Waals surface area contributed by atoms with E-state index in [1.165, 1.54) is 6.42 Å². The van der Waals surface area contributed by atoms with Crippen molar-refractivity contribution in [2.45, 2.75) is 38.7 Å². The quantitative estimate of drug-likeness (QED) is 0.582. The molecule has 1 nitrogen and oxygen atoms in total. The van der Waals surface area contributed by atoms with Crippen LogP contribution in [-0.4, -0.2) is 11.2 Å². The number of hydrogen-bond acceptors (Lipinski definition) is 1. The van der Waals surface area contributed by atoms with E-state index in [2.05, 4.69) is 12.2 Å². The predicted octanol–water partition coefficient (Wildman–Crippen LogP) is 2.11. The van der Waals surface area contributed by atoms with Gasteiger partial charge in [0.05, 0.1) is 6.10 Å². The van der Waals surface area contributed by atoms with E-state index in [1.54, 1.807) is 0 Å². The molecule has 0 saturated heterocycles. The Morgan fingerprint density at radius 3 is 2.80 bits per heavy atom. The molecule has 0 aromatic carbocycles. The minimum Gasteiger partial charge on any atom is -0.393 e. The van der Waals surface area contributed by atoms with Gasteiger partial charge in [-0.05, 0) is 38.5 Å². The maximum Gasteiger partial charge on any atom is 0.0543 e. The second kappa shape index (κ2) is 3.77. The maximum atomic E-state index is 9.17. The van der Waals surface area contributed by atoms with Crippen molar-refractivity contribution in [1.82, 2.24) is 0 Å². The average molecular weight is 140 g/mol. The second-order valence-electron chi connectivity index (χ2n) is 3.14. The fraction of sp³-hybridized carbons (Fsp3) is 0.778. The van der Waals surface area contributed by atoms with E-state index < -0.39 is 0 Å². The maximum absolute atomic E-state index is 9.17. The largest absolute Gasteiger partial charge is 0.393 e. The van der Waals surface area contributed by atoms with Crippen molar-refractivity contribution >= 4 is 0 Å². The molecule has 1 heteroatoms. The third-order valence-electron chi connectivity index (χ3n) is 2.22. The van der Waals surface area contributed by atoms with E-state index in [-0.39, 0.29) is 6.10 Å². The van der Waals surface area contributed by atoms with Crippen molar-refractivity contribution in [3.05, 3.63) is 12.2 Å². The highest BCUT2D eigenvalue weighted by molar-refractivity contribution is 4.84. The van der Waals surface area contributed by atoms with Gasteiger partial charge in [0, 0.05) is 0 Å². The van der Waals surface area contributed by atoms with E-state index in [0.717, 1.165) is 25.2 Å². The predicted molar refractivity (Wildman–Crippen MR) is 42.8 cm³/mol. The molecule has 0 amide bonds. The number of allylic oxidation sites excluding steroid dienone is 2. The van der Waals surface area contributed by atoms with Crippen LogP contribution in [-0.2, 0) is 0 Å². The lowest BCUT2D eigenvalue weighted by Crippen LogP contribution is -1.99. The minimum atomic E-state index is -0.00439. The van der Waals surface area contributed by atoms with Crippen LogP contribution in [0, 0.1) is 5.92 Å². The third-order valence-corrected chi connectivity index (χ3v) is 2.22. The minimum absolute atomic E-state index is 0.00439. The van der Waals surface area contributed by atoms with E-state index in [0.29, 0.717) is 0 Å². The summed E-state index contributed by atoms with van der Waals surface area (Å²) in [6.07, 6.45) is 8.69. The Kier molecular flexibility index (Phi) is 2.94. The number of hydrogen-bond donors (Lipinski definition) is 1. The Morgan fingerprint density at radius 2 is 2.30 bits per heavy atom. The third kappa shape index (κ3) is 2.14. The molecule has 1 aliphatic carbocycles. The lowest BCUT2D eigenvalue weighted by Gasteiger charge is -2.03. The van der Waals surface area contributed by atoms with Gasteiger partial charge in [-0.3, -0.25) is 0 Å². The number of aliphatic hydroxyl groups excluding tert-OH is 1. The first-order valence-electron chi connectivity index (χ1n) is 4.12. The molecule has 0 bridgehead atoms. The molecular formula is C9H16O. The Hall–Kier alpha value is -0.300. The SMILES string of the molecule is CC=CCC1CCC(O)C1. The van der Waals surface area contributed by atoms with Crippen LogP contribution in [0.3, 0.4) is 0 Å². The van der Waals surface area contributed by atoms with E-state index >= 15 is 0 Å². The summed E-state index contributed by atoms with van der Waals surface area (Å²) in [6, 6.07) is 0. The van der Waals surface area contributed by atoms with Crippen LogP contribution in [0.15, 0.2) is 12.2 Å². The molecule has 1 aliphatic rings. The number of aliphatic hydroxyl groups is 1.